The molecule has 0 bridgehead atoms. The largest absolute Gasteiger partial charge is 0.504 e. The summed E-state index contributed by atoms with van der Waals surface area (Å²) in [6.45, 7) is 0.744. The standard InChI is InChI=1S/C28H22ClN3O7/c29-14-2-4-17-16(11-14)28(27(37)30-17)24-23(18(31-28)9-13-1-5-19(33)20(34)10-13)25(35)32(26(24)36)15-3-6-21-22(12-15)39-8-7-38-21/h1-6,10-12,18,23-24,31,33-34H,7-9H2,(H,30,37)/t18-,23-,24+,28+/m1/s1. The zero-order valence-corrected chi connectivity index (χ0v) is 21.1. The first-order valence-electron chi connectivity index (χ1n) is 12.5. The van der Waals surface area contributed by atoms with Gasteiger partial charge in [0.2, 0.25) is 17.7 Å². The number of aromatic hydroxyl groups is 2. The van der Waals surface area contributed by atoms with Gasteiger partial charge >= 0.3 is 0 Å². The maximum absolute atomic E-state index is 14.2. The van der Waals surface area contributed by atoms with Gasteiger partial charge in [0.1, 0.15) is 18.8 Å². The number of imide groups is 1. The molecule has 2 saturated heterocycles. The van der Waals surface area contributed by atoms with Crippen LogP contribution >= 0.6 is 11.6 Å². The highest BCUT2D eigenvalue weighted by Crippen LogP contribution is 2.54. The zero-order valence-electron chi connectivity index (χ0n) is 20.3. The van der Waals surface area contributed by atoms with Crippen molar-refractivity contribution < 1.29 is 34.1 Å². The molecule has 11 heteroatoms. The van der Waals surface area contributed by atoms with Crippen molar-refractivity contribution in [3.8, 4) is 23.0 Å². The lowest BCUT2D eigenvalue weighted by Crippen LogP contribution is -2.53. The average molecular weight is 548 g/mol. The molecule has 4 aliphatic rings. The van der Waals surface area contributed by atoms with Crippen molar-refractivity contribution >= 4 is 40.7 Å². The van der Waals surface area contributed by atoms with E-state index >= 15 is 0 Å². The Kier molecular flexibility index (Phi) is 5.10. The quantitative estimate of drug-likeness (QED) is 0.290. The van der Waals surface area contributed by atoms with Gasteiger partial charge in [-0.2, -0.15) is 0 Å². The number of amides is 3. The van der Waals surface area contributed by atoms with Crippen LogP contribution in [0.1, 0.15) is 11.1 Å². The second-order valence-electron chi connectivity index (χ2n) is 10.1. The summed E-state index contributed by atoms with van der Waals surface area (Å²) in [5.41, 5.74) is 0.405. The van der Waals surface area contributed by atoms with E-state index < -0.39 is 41.1 Å². The SMILES string of the molecule is O=C1[C@H]2[C@@H](C(=O)N1c1ccc3c(c1)OCCO3)[C@]1(N[C@@H]2Cc2ccc(O)c(O)c2)C(=O)Nc2ccc(Cl)cc21. The van der Waals surface area contributed by atoms with Gasteiger partial charge in [-0.15, -0.1) is 0 Å². The van der Waals surface area contributed by atoms with Crippen LogP contribution in [0.3, 0.4) is 0 Å². The van der Waals surface area contributed by atoms with E-state index in [1.165, 1.54) is 12.1 Å². The number of rotatable bonds is 3. The molecule has 1 spiro atoms. The molecule has 3 aromatic rings. The summed E-state index contributed by atoms with van der Waals surface area (Å²) >= 11 is 6.32. The molecule has 198 valence electrons. The van der Waals surface area contributed by atoms with Gasteiger partial charge in [0.15, 0.2) is 23.0 Å². The summed E-state index contributed by atoms with van der Waals surface area (Å²) in [6, 6.07) is 13.5. The number of hydrogen-bond donors (Lipinski definition) is 4. The lowest BCUT2D eigenvalue weighted by Gasteiger charge is -2.30. The van der Waals surface area contributed by atoms with Gasteiger partial charge in [0.05, 0.1) is 17.5 Å². The summed E-state index contributed by atoms with van der Waals surface area (Å²) in [4.78, 5) is 43.0. The highest BCUT2D eigenvalue weighted by atomic mass is 35.5. The van der Waals surface area contributed by atoms with Crippen LogP contribution < -0.4 is 25.0 Å². The summed E-state index contributed by atoms with van der Waals surface area (Å²) in [5.74, 6) is -3.03. The normalized spacial score (nSPS) is 26.6. The number of nitrogens with zero attached hydrogens (tertiary/aromatic N) is 1. The number of halogens is 1. The third kappa shape index (κ3) is 3.34. The molecule has 3 amide bonds. The van der Waals surface area contributed by atoms with E-state index in [9.17, 15) is 24.6 Å². The molecular weight excluding hydrogens is 526 g/mol. The van der Waals surface area contributed by atoms with Gasteiger partial charge in [-0.1, -0.05) is 17.7 Å². The Morgan fingerprint density at radius 1 is 0.923 bits per heavy atom. The molecular formula is C28H22ClN3O7. The molecule has 2 fully saturated rings. The fraction of sp³-hybridized carbons (Fsp3) is 0.250. The molecule has 39 heavy (non-hydrogen) atoms. The van der Waals surface area contributed by atoms with Crippen LogP contribution in [0.2, 0.25) is 5.02 Å². The minimum absolute atomic E-state index is 0.202. The number of anilines is 2. The van der Waals surface area contributed by atoms with Crippen LogP contribution in [0.4, 0.5) is 11.4 Å². The minimum Gasteiger partial charge on any atom is -0.504 e. The lowest BCUT2D eigenvalue weighted by molar-refractivity contribution is -0.130. The first-order valence-corrected chi connectivity index (χ1v) is 12.8. The van der Waals surface area contributed by atoms with Crippen LogP contribution in [0.25, 0.3) is 0 Å². The molecule has 4 aliphatic heterocycles. The molecule has 10 nitrogen and oxygen atoms in total. The first kappa shape index (κ1) is 23.8. The molecule has 3 aromatic carbocycles. The van der Waals surface area contributed by atoms with E-state index in [1.807, 2.05) is 0 Å². The van der Waals surface area contributed by atoms with E-state index in [2.05, 4.69) is 10.6 Å². The van der Waals surface area contributed by atoms with Crippen molar-refractivity contribution in [2.75, 3.05) is 23.4 Å². The maximum Gasteiger partial charge on any atom is 0.250 e. The number of hydrogen-bond acceptors (Lipinski definition) is 8. The fourth-order valence-electron chi connectivity index (χ4n) is 6.32. The summed E-state index contributed by atoms with van der Waals surface area (Å²) in [5, 5.41) is 26.4. The van der Waals surface area contributed by atoms with Crippen LogP contribution in [-0.4, -0.2) is 47.2 Å². The van der Waals surface area contributed by atoms with Gasteiger partial charge in [-0.05, 0) is 54.4 Å². The average Bonchev–Trinajstić information content (AvgIpc) is 3.50. The van der Waals surface area contributed by atoms with Crippen molar-refractivity contribution in [1.82, 2.24) is 5.32 Å². The highest BCUT2D eigenvalue weighted by Gasteiger charge is 2.70. The number of fused-ring (bicyclic) bond motifs is 5. The second-order valence-corrected chi connectivity index (χ2v) is 10.5. The van der Waals surface area contributed by atoms with E-state index in [0.717, 1.165) is 4.90 Å². The van der Waals surface area contributed by atoms with Gasteiger partial charge in [-0.3, -0.25) is 19.7 Å². The van der Waals surface area contributed by atoms with Crippen LogP contribution in [0.5, 0.6) is 23.0 Å². The van der Waals surface area contributed by atoms with E-state index in [0.29, 0.717) is 52.2 Å². The number of nitrogens with one attached hydrogen (secondary N) is 2. The monoisotopic (exact) mass is 547 g/mol. The minimum atomic E-state index is -1.54. The topological polar surface area (TPSA) is 137 Å². The number of carbonyl (C=O) groups is 3. The Balaban J connectivity index is 1.35. The van der Waals surface area contributed by atoms with Gasteiger partial charge in [0, 0.05) is 28.4 Å². The van der Waals surface area contributed by atoms with Gasteiger partial charge in [0.25, 0.3) is 0 Å². The fourth-order valence-corrected chi connectivity index (χ4v) is 6.50. The lowest BCUT2D eigenvalue weighted by atomic mass is 9.76. The third-order valence-electron chi connectivity index (χ3n) is 7.96. The molecule has 0 saturated carbocycles. The van der Waals surface area contributed by atoms with Crippen LogP contribution in [-0.2, 0) is 26.3 Å². The molecule has 4 heterocycles. The molecule has 4 atom stereocenters. The number of phenolic OH excluding ortho intramolecular Hbond substituents is 2. The predicted octanol–water partition coefficient (Wildman–Crippen LogP) is 2.69. The number of benzene rings is 3. The molecule has 4 N–H and O–H groups in total. The second kappa shape index (κ2) is 8.36. The highest BCUT2D eigenvalue weighted by molar-refractivity contribution is 6.31. The number of ether oxygens (including phenoxy) is 2. The van der Waals surface area contributed by atoms with Crippen molar-refractivity contribution in [3.63, 3.8) is 0 Å². The number of phenols is 2. The number of carbonyl (C=O) groups excluding carboxylic acids is 3. The molecule has 0 aliphatic carbocycles. The van der Waals surface area contributed by atoms with Crippen molar-refractivity contribution in [2.45, 2.75) is 18.0 Å². The summed E-state index contributed by atoms with van der Waals surface area (Å²) in [7, 11) is 0. The van der Waals surface area contributed by atoms with E-state index in [-0.39, 0.29) is 17.9 Å². The van der Waals surface area contributed by atoms with Gasteiger partial charge < -0.3 is 25.0 Å². The Morgan fingerprint density at radius 2 is 1.72 bits per heavy atom. The van der Waals surface area contributed by atoms with Crippen LogP contribution in [0.15, 0.2) is 54.6 Å². The van der Waals surface area contributed by atoms with Crippen LogP contribution in [0, 0.1) is 11.8 Å². The Hall–Kier alpha value is -4.28. The Morgan fingerprint density at radius 3 is 2.51 bits per heavy atom. The van der Waals surface area contributed by atoms with Crippen molar-refractivity contribution in [1.29, 1.82) is 0 Å². The summed E-state index contributed by atoms with van der Waals surface area (Å²) < 4.78 is 11.3. The Bertz CT molecular complexity index is 1590. The zero-order chi connectivity index (χ0) is 27.1. The van der Waals surface area contributed by atoms with E-state index in [4.69, 9.17) is 21.1 Å². The molecule has 7 rings (SSSR count). The van der Waals surface area contributed by atoms with Crippen molar-refractivity contribution in [3.05, 3.63) is 70.7 Å². The first-order chi connectivity index (χ1) is 18.8. The molecule has 0 aromatic heterocycles. The molecule has 0 radical (unpaired) electrons. The maximum atomic E-state index is 14.2. The smallest absolute Gasteiger partial charge is 0.250 e. The molecule has 0 unspecified atom stereocenters. The summed E-state index contributed by atoms with van der Waals surface area (Å²) in [6.07, 6.45) is 0.202. The van der Waals surface area contributed by atoms with E-state index in [1.54, 1.807) is 42.5 Å². The predicted molar refractivity (Wildman–Crippen MR) is 139 cm³/mol. The van der Waals surface area contributed by atoms with Crippen molar-refractivity contribution in [2.24, 2.45) is 11.8 Å². The third-order valence-corrected chi connectivity index (χ3v) is 8.19. The van der Waals surface area contributed by atoms with Gasteiger partial charge in [-0.25, -0.2) is 4.90 Å². The Labute approximate surface area is 227 Å².